The standard InChI is InChI=1S/C18H32O/c1-6-7-8-11-17(19)15(3)13-16-14(2)10-9-12-18(16,4)5/h13-14,16H,6-12H2,1-5H3. The van der Waals surface area contributed by atoms with Crippen LogP contribution in [0, 0.1) is 17.3 Å². The molecule has 0 amide bonds. The second-order valence-electron chi connectivity index (χ2n) is 7.11. The van der Waals surface area contributed by atoms with Gasteiger partial charge in [0.25, 0.3) is 0 Å². The van der Waals surface area contributed by atoms with Crippen molar-refractivity contribution in [3.63, 3.8) is 0 Å². The summed E-state index contributed by atoms with van der Waals surface area (Å²) in [6.07, 6.45) is 10.4. The van der Waals surface area contributed by atoms with Crippen LogP contribution < -0.4 is 0 Å². The molecule has 0 radical (unpaired) electrons. The Morgan fingerprint density at radius 3 is 2.58 bits per heavy atom. The van der Waals surface area contributed by atoms with E-state index in [2.05, 4.69) is 33.8 Å². The van der Waals surface area contributed by atoms with E-state index in [1.54, 1.807) is 0 Å². The molecule has 0 aromatic heterocycles. The van der Waals surface area contributed by atoms with Crippen LogP contribution in [-0.2, 0) is 4.79 Å². The quantitative estimate of drug-likeness (QED) is 0.454. The van der Waals surface area contributed by atoms with Crippen molar-refractivity contribution >= 4 is 5.78 Å². The molecule has 2 unspecified atom stereocenters. The van der Waals surface area contributed by atoms with Crippen molar-refractivity contribution < 1.29 is 4.79 Å². The van der Waals surface area contributed by atoms with Gasteiger partial charge in [0.15, 0.2) is 5.78 Å². The molecule has 1 fully saturated rings. The van der Waals surface area contributed by atoms with Gasteiger partial charge in [0, 0.05) is 6.42 Å². The summed E-state index contributed by atoms with van der Waals surface area (Å²) in [5, 5.41) is 0. The highest BCUT2D eigenvalue weighted by molar-refractivity contribution is 5.94. The lowest BCUT2D eigenvalue weighted by atomic mass is 9.63. The van der Waals surface area contributed by atoms with Crippen LogP contribution in [0.5, 0.6) is 0 Å². The van der Waals surface area contributed by atoms with Gasteiger partial charge in [-0.2, -0.15) is 0 Å². The van der Waals surface area contributed by atoms with E-state index in [1.807, 2.05) is 6.92 Å². The first-order valence-electron chi connectivity index (χ1n) is 8.10. The van der Waals surface area contributed by atoms with Crippen molar-refractivity contribution in [3.05, 3.63) is 11.6 Å². The Morgan fingerprint density at radius 2 is 2.00 bits per heavy atom. The Labute approximate surface area is 119 Å². The first kappa shape index (κ1) is 16.5. The van der Waals surface area contributed by atoms with E-state index in [9.17, 15) is 4.79 Å². The predicted octanol–water partition coefficient (Wildman–Crippen LogP) is 5.54. The molecule has 1 heteroatoms. The SMILES string of the molecule is CCCCCC(=O)C(C)=CC1C(C)CCCC1(C)C. The highest BCUT2D eigenvalue weighted by Crippen LogP contribution is 2.45. The molecule has 0 aromatic rings. The Bertz CT molecular complexity index is 325. The van der Waals surface area contributed by atoms with Crippen LogP contribution in [0.4, 0.5) is 0 Å². The van der Waals surface area contributed by atoms with E-state index in [0.29, 0.717) is 23.0 Å². The largest absolute Gasteiger partial charge is 0.295 e. The van der Waals surface area contributed by atoms with Crippen LogP contribution in [0.1, 0.15) is 79.6 Å². The maximum atomic E-state index is 12.1. The Morgan fingerprint density at radius 1 is 1.32 bits per heavy atom. The van der Waals surface area contributed by atoms with E-state index in [1.165, 1.54) is 32.1 Å². The zero-order valence-corrected chi connectivity index (χ0v) is 13.6. The first-order chi connectivity index (χ1) is 8.88. The Balaban J connectivity index is 2.67. The molecule has 0 bridgehead atoms. The minimum absolute atomic E-state index is 0.350. The fourth-order valence-corrected chi connectivity index (χ4v) is 3.48. The van der Waals surface area contributed by atoms with Crippen LogP contribution in [0.25, 0.3) is 0 Å². The molecule has 1 saturated carbocycles. The van der Waals surface area contributed by atoms with Crippen LogP contribution in [0.3, 0.4) is 0 Å². The number of carbonyl (C=O) groups excluding carboxylic acids is 1. The molecule has 2 atom stereocenters. The fraction of sp³-hybridized carbons (Fsp3) is 0.833. The smallest absolute Gasteiger partial charge is 0.158 e. The van der Waals surface area contributed by atoms with Gasteiger partial charge in [0.2, 0.25) is 0 Å². The summed E-state index contributed by atoms with van der Waals surface area (Å²) in [6, 6.07) is 0. The lowest BCUT2D eigenvalue weighted by Crippen LogP contribution is -2.32. The van der Waals surface area contributed by atoms with Crippen LogP contribution in [-0.4, -0.2) is 5.78 Å². The molecule has 110 valence electrons. The third-order valence-electron chi connectivity index (χ3n) is 4.87. The lowest BCUT2D eigenvalue weighted by molar-refractivity contribution is -0.115. The third-order valence-corrected chi connectivity index (χ3v) is 4.87. The summed E-state index contributed by atoms with van der Waals surface area (Å²) in [6.45, 7) is 11.3. The van der Waals surface area contributed by atoms with Crippen LogP contribution >= 0.6 is 0 Å². The topological polar surface area (TPSA) is 17.1 Å². The average molecular weight is 264 g/mol. The number of rotatable bonds is 6. The zero-order chi connectivity index (χ0) is 14.5. The van der Waals surface area contributed by atoms with Crippen LogP contribution in [0.2, 0.25) is 0 Å². The van der Waals surface area contributed by atoms with Gasteiger partial charge in [-0.25, -0.2) is 0 Å². The summed E-state index contributed by atoms with van der Waals surface area (Å²) < 4.78 is 0. The van der Waals surface area contributed by atoms with Crippen LogP contribution in [0.15, 0.2) is 11.6 Å². The number of allylic oxidation sites excluding steroid dienone is 2. The molecule has 0 aromatic carbocycles. The number of hydrogen-bond acceptors (Lipinski definition) is 1. The molecule has 1 rings (SSSR count). The molecule has 19 heavy (non-hydrogen) atoms. The van der Waals surface area contributed by atoms with Gasteiger partial charge < -0.3 is 0 Å². The number of ketones is 1. The summed E-state index contributed by atoms with van der Waals surface area (Å²) in [7, 11) is 0. The summed E-state index contributed by atoms with van der Waals surface area (Å²) in [4.78, 5) is 12.1. The number of hydrogen-bond donors (Lipinski definition) is 0. The van der Waals surface area contributed by atoms with Gasteiger partial charge >= 0.3 is 0 Å². The van der Waals surface area contributed by atoms with Crippen molar-refractivity contribution in [1.82, 2.24) is 0 Å². The van der Waals surface area contributed by atoms with Gasteiger partial charge in [-0.3, -0.25) is 4.79 Å². The summed E-state index contributed by atoms with van der Waals surface area (Å²) >= 11 is 0. The highest BCUT2D eigenvalue weighted by atomic mass is 16.1. The van der Waals surface area contributed by atoms with Gasteiger partial charge in [-0.1, -0.05) is 59.5 Å². The molecular weight excluding hydrogens is 232 g/mol. The van der Waals surface area contributed by atoms with Crippen molar-refractivity contribution in [2.75, 3.05) is 0 Å². The maximum absolute atomic E-state index is 12.1. The molecule has 0 aliphatic heterocycles. The summed E-state index contributed by atoms with van der Waals surface area (Å²) in [5.41, 5.74) is 1.35. The average Bonchev–Trinajstić information content (AvgIpc) is 2.33. The number of unbranched alkanes of at least 4 members (excludes halogenated alkanes) is 2. The molecule has 0 heterocycles. The van der Waals surface area contributed by atoms with Gasteiger partial charge in [-0.05, 0) is 42.6 Å². The second kappa shape index (κ2) is 7.26. The Hall–Kier alpha value is -0.590. The minimum Gasteiger partial charge on any atom is -0.295 e. The molecule has 0 spiro atoms. The molecule has 1 aliphatic carbocycles. The lowest BCUT2D eigenvalue weighted by Gasteiger charge is -2.41. The third kappa shape index (κ3) is 4.78. The monoisotopic (exact) mass is 264 g/mol. The van der Waals surface area contributed by atoms with E-state index >= 15 is 0 Å². The highest BCUT2D eigenvalue weighted by Gasteiger charge is 2.35. The first-order valence-corrected chi connectivity index (χ1v) is 8.10. The minimum atomic E-state index is 0.350. The van der Waals surface area contributed by atoms with E-state index < -0.39 is 0 Å². The number of carbonyl (C=O) groups is 1. The second-order valence-corrected chi connectivity index (χ2v) is 7.11. The molecule has 0 N–H and O–H groups in total. The molecule has 1 aliphatic rings. The van der Waals surface area contributed by atoms with Gasteiger partial charge in [-0.15, -0.1) is 0 Å². The molecule has 0 saturated heterocycles. The fourth-order valence-electron chi connectivity index (χ4n) is 3.48. The van der Waals surface area contributed by atoms with E-state index in [0.717, 1.165) is 18.4 Å². The summed E-state index contributed by atoms with van der Waals surface area (Å²) in [5.74, 6) is 1.64. The Kier molecular flexibility index (Phi) is 6.29. The van der Waals surface area contributed by atoms with Gasteiger partial charge in [0.05, 0.1) is 0 Å². The number of Topliss-reactive ketones (excluding diaryl/α,β-unsaturated/α-hetero) is 1. The molecular formula is C18H32O. The van der Waals surface area contributed by atoms with Gasteiger partial charge in [0.1, 0.15) is 0 Å². The van der Waals surface area contributed by atoms with Crippen molar-refractivity contribution in [1.29, 1.82) is 0 Å². The van der Waals surface area contributed by atoms with E-state index in [4.69, 9.17) is 0 Å². The maximum Gasteiger partial charge on any atom is 0.158 e. The van der Waals surface area contributed by atoms with Crippen molar-refractivity contribution in [2.24, 2.45) is 17.3 Å². The van der Waals surface area contributed by atoms with E-state index in [-0.39, 0.29) is 0 Å². The normalized spacial score (nSPS) is 27.3. The van der Waals surface area contributed by atoms with Crippen molar-refractivity contribution in [2.45, 2.75) is 79.6 Å². The predicted molar refractivity (Wildman–Crippen MR) is 83.2 cm³/mol. The molecule has 1 nitrogen and oxygen atoms in total. The zero-order valence-electron chi connectivity index (χ0n) is 13.6. The van der Waals surface area contributed by atoms with Crippen molar-refractivity contribution in [3.8, 4) is 0 Å².